The van der Waals surface area contributed by atoms with Gasteiger partial charge in [-0.05, 0) is 30.3 Å². The van der Waals surface area contributed by atoms with Gasteiger partial charge in [-0.25, -0.2) is 0 Å². The summed E-state index contributed by atoms with van der Waals surface area (Å²) in [5.74, 6) is 3.69. The maximum Gasteiger partial charge on any atom is 0.203 e. The molecule has 0 spiro atoms. The van der Waals surface area contributed by atoms with Gasteiger partial charge in [-0.2, -0.15) is 0 Å². The van der Waals surface area contributed by atoms with Crippen LogP contribution < -0.4 is 33.5 Å². The molecule has 2 aromatic carbocycles. The summed E-state index contributed by atoms with van der Waals surface area (Å²) < 4.78 is 27.3. The van der Waals surface area contributed by atoms with Gasteiger partial charge in [0.15, 0.2) is 23.0 Å². The third-order valence-electron chi connectivity index (χ3n) is 5.79. The first-order valence-electron chi connectivity index (χ1n) is 10.3. The molecule has 1 fully saturated rings. The highest BCUT2D eigenvalue weighted by Gasteiger charge is 2.26. The van der Waals surface area contributed by atoms with Crippen LogP contribution in [-0.4, -0.2) is 61.7 Å². The van der Waals surface area contributed by atoms with E-state index in [1.165, 1.54) is 5.56 Å². The van der Waals surface area contributed by atoms with E-state index < -0.39 is 0 Å². The van der Waals surface area contributed by atoms with E-state index >= 15 is 0 Å². The van der Waals surface area contributed by atoms with Crippen LogP contribution in [0.3, 0.4) is 0 Å². The minimum absolute atomic E-state index is 0.662. The minimum atomic E-state index is 0.662. The Balaban J connectivity index is 1.60. The van der Waals surface area contributed by atoms with Crippen molar-refractivity contribution in [3.05, 3.63) is 41.5 Å². The monoisotopic (exact) mass is 418 g/mol. The lowest BCUT2D eigenvalue weighted by molar-refractivity contribution is -1.02. The Hall–Kier alpha value is -2.64. The predicted octanol–water partition coefficient (Wildman–Crippen LogP) is 0.213. The standard InChI is InChI=1S/C23H32N2O5/c1-26-19-8-6-17(14-21(19)28-3)15-24-10-12-25(13-11-24)16-18-7-9-20(27-2)23(30-5)22(18)29-4/h6-9,14H,10-13,15-16H2,1-5H3/p+2. The number of rotatable bonds is 9. The maximum absolute atomic E-state index is 5.65. The van der Waals surface area contributed by atoms with Crippen molar-refractivity contribution >= 4 is 0 Å². The Bertz CT molecular complexity index is 835. The van der Waals surface area contributed by atoms with Gasteiger partial charge in [-0.3, -0.25) is 0 Å². The zero-order valence-corrected chi connectivity index (χ0v) is 18.7. The number of hydrogen-bond acceptors (Lipinski definition) is 5. The second-order valence-electron chi connectivity index (χ2n) is 7.54. The van der Waals surface area contributed by atoms with Crippen molar-refractivity contribution in [3.8, 4) is 28.7 Å². The summed E-state index contributed by atoms with van der Waals surface area (Å²) in [4.78, 5) is 3.14. The number of benzene rings is 2. The molecule has 1 aliphatic heterocycles. The highest BCUT2D eigenvalue weighted by atomic mass is 16.5. The first-order valence-corrected chi connectivity index (χ1v) is 10.3. The van der Waals surface area contributed by atoms with Crippen LogP contribution >= 0.6 is 0 Å². The van der Waals surface area contributed by atoms with Crippen LogP contribution in [0.1, 0.15) is 11.1 Å². The van der Waals surface area contributed by atoms with Crippen LogP contribution in [0, 0.1) is 0 Å². The molecule has 0 unspecified atom stereocenters. The molecule has 2 aromatic rings. The van der Waals surface area contributed by atoms with Crippen molar-refractivity contribution in [3.63, 3.8) is 0 Å². The van der Waals surface area contributed by atoms with E-state index in [4.69, 9.17) is 23.7 Å². The lowest BCUT2D eigenvalue weighted by Crippen LogP contribution is -3.27. The zero-order chi connectivity index (χ0) is 21.5. The van der Waals surface area contributed by atoms with E-state index in [0.717, 1.165) is 62.1 Å². The van der Waals surface area contributed by atoms with Gasteiger partial charge in [0, 0.05) is 5.56 Å². The van der Waals surface area contributed by atoms with Gasteiger partial charge in [0.05, 0.1) is 41.1 Å². The van der Waals surface area contributed by atoms with Crippen LogP contribution in [0.15, 0.2) is 30.3 Å². The zero-order valence-electron chi connectivity index (χ0n) is 18.7. The van der Waals surface area contributed by atoms with E-state index in [2.05, 4.69) is 18.2 Å². The average molecular weight is 419 g/mol. The van der Waals surface area contributed by atoms with Crippen LogP contribution in [0.5, 0.6) is 28.7 Å². The fourth-order valence-corrected chi connectivity index (χ4v) is 4.16. The van der Waals surface area contributed by atoms with Gasteiger partial charge in [0.1, 0.15) is 39.3 Å². The van der Waals surface area contributed by atoms with E-state index in [0.29, 0.717) is 11.5 Å². The Morgan fingerprint density at radius 2 is 1.17 bits per heavy atom. The molecule has 7 heteroatoms. The van der Waals surface area contributed by atoms with E-state index in [9.17, 15) is 0 Å². The van der Waals surface area contributed by atoms with Gasteiger partial charge in [0.2, 0.25) is 5.75 Å². The fourth-order valence-electron chi connectivity index (χ4n) is 4.16. The molecular formula is C23H34N2O5+2. The molecule has 0 radical (unpaired) electrons. The summed E-state index contributed by atoms with van der Waals surface area (Å²) in [6.45, 7) is 6.37. The number of ether oxygens (including phenoxy) is 5. The third kappa shape index (κ3) is 4.91. The first kappa shape index (κ1) is 22.1. The van der Waals surface area contributed by atoms with Gasteiger partial charge < -0.3 is 33.5 Å². The molecular weight excluding hydrogens is 384 g/mol. The van der Waals surface area contributed by atoms with Crippen molar-refractivity contribution < 1.29 is 33.5 Å². The van der Waals surface area contributed by atoms with E-state index in [1.807, 2.05) is 12.1 Å². The molecule has 1 heterocycles. The largest absolute Gasteiger partial charge is 0.493 e. The Morgan fingerprint density at radius 1 is 0.600 bits per heavy atom. The third-order valence-corrected chi connectivity index (χ3v) is 5.79. The summed E-state index contributed by atoms with van der Waals surface area (Å²) in [5.41, 5.74) is 2.42. The average Bonchev–Trinajstić information content (AvgIpc) is 2.79. The first-order chi connectivity index (χ1) is 14.6. The summed E-state index contributed by atoms with van der Waals surface area (Å²) >= 11 is 0. The molecule has 0 amide bonds. The van der Waals surface area contributed by atoms with E-state index in [1.54, 1.807) is 45.3 Å². The number of quaternary nitrogens is 2. The topological polar surface area (TPSA) is 55.0 Å². The lowest BCUT2D eigenvalue weighted by atomic mass is 10.1. The van der Waals surface area contributed by atoms with Crippen molar-refractivity contribution in [2.75, 3.05) is 61.7 Å². The summed E-state index contributed by atoms with van der Waals surface area (Å²) in [7, 11) is 8.31. The fraction of sp³-hybridized carbons (Fsp3) is 0.478. The lowest BCUT2D eigenvalue weighted by Gasteiger charge is -2.30. The molecule has 0 saturated carbocycles. The predicted molar refractivity (Wildman–Crippen MR) is 114 cm³/mol. The molecule has 0 aromatic heterocycles. The Morgan fingerprint density at radius 3 is 1.73 bits per heavy atom. The quantitative estimate of drug-likeness (QED) is 0.610. The highest BCUT2D eigenvalue weighted by Crippen LogP contribution is 2.39. The van der Waals surface area contributed by atoms with Crippen LogP contribution in [0.4, 0.5) is 0 Å². The van der Waals surface area contributed by atoms with Gasteiger partial charge in [-0.1, -0.05) is 0 Å². The van der Waals surface area contributed by atoms with Gasteiger partial charge in [-0.15, -0.1) is 0 Å². The smallest absolute Gasteiger partial charge is 0.203 e. The molecule has 30 heavy (non-hydrogen) atoms. The number of piperazine rings is 1. The second kappa shape index (κ2) is 10.4. The highest BCUT2D eigenvalue weighted by molar-refractivity contribution is 5.55. The molecule has 1 saturated heterocycles. The molecule has 0 atom stereocenters. The second-order valence-corrected chi connectivity index (χ2v) is 7.54. The van der Waals surface area contributed by atoms with Crippen molar-refractivity contribution in [2.45, 2.75) is 13.1 Å². The summed E-state index contributed by atoms with van der Waals surface area (Å²) in [5, 5.41) is 0. The number of hydrogen-bond donors (Lipinski definition) is 2. The molecule has 0 bridgehead atoms. The van der Waals surface area contributed by atoms with Crippen LogP contribution in [0.25, 0.3) is 0 Å². The van der Waals surface area contributed by atoms with Gasteiger partial charge >= 0.3 is 0 Å². The molecule has 164 valence electrons. The van der Waals surface area contributed by atoms with Gasteiger partial charge in [0.25, 0.3) is 0 Å². The summed E-state index contributed by atoms with van der Waals surface area (Å²) in [6, 6.07) is 10.2. The minimum Gasteiger partial charge on any atom is -0.493 e. The number of methoxy groups -OCH3 is 5. The molecule has 2 N–H and O–H groups in total. The Kier molecular flexibility index (Phi) is 7.65. The Labute approximate surface area is 179 Å². The van der Waals surface area contributed by atoms with Crippen molar-refractivity contribution in [1.29, 1.82) is 0 Å². The SMILES string of the molecule is COc1ccc(C[NH+]2CC[NH+](Cc3ccc(OC)c(OC)c3OC)CC2)cc1OC. The normalized spacial score (nSPS) is 18.6. The molecule has 1 aliphatic rings. The van der Waals surface area contributed by atoms with Crippen molar-refractivity contribution in [2.24, 2.45) is 0 Å². The molecule has 7 nitrogen and oxygen atoms in total. The number of nitrogens with one attached hydrogen (secondary N) is 2. The molecule has 0 aliphatic carbocycles. The van der Waals surface area contributed by atoms with Crippen molar-refractivity contribution in [1.82, 2.24) is 0 Å². The van der Waals surface area contributed by atoms with Crippen LogP contribution in [0.2, 0.25) is 0 Å². The van der Waals surface area contributed by atoms with E-state index in [-0.39, 0.29) is 0 Å². The maximum atomic E-state index is 5.65. The summed E-state index contributed by atoms with van der Waals surface area (Å²) in [6.07, 6.45) is 0. The van der Waals surface area contributed by atoms with Crippen LogP contribution in [-0.2, 0) is 13.1 Å². The molecule has 3 rings (SSSR count).